The van der Waals surface area contributed by atoms with E-state index >= 15 is 0 Å². The predicted octanol–water partition coefficient (Wildman–Crippen LogP) is 2.05. The van der Waals surface area contributed by atoms with E-state index in [1.165, 1.54) is 0 Å². The van der Waals surface area contributed by atoms with E-state index in [2.05, 4.69) is 22.6 Å². The Morgan fingerprint density at radius 2 is 1.41 bits per heavy atom. The van der Waals surface area contributed by atoms with E-state index in [1.54, 1.807) is 41.5 Å². The quantitative estimate of drug-likeness (QED) is 0.421. The fourth-order valence-electron chi connectivity index (χ4n) is 1.70. The van der Waals surface area contributed by atoms with Crippen molar-refractivity contribution in [2.24, 2.45) is 10.8 Å². The Hall–Kier alpha value is -0.410. The molecule has 1 rings (SSSR count). The molecule has 0 aliphatic carbocycles. The first-order valence-corrected chi connectivity index (χ1v) is 8.72. The fourth-order valence-corrected chi connectivity index (χ4v) is 2.41. The summed E-state index contributed by atoms with van der Waals surface area (Å²) in [4.78, 5) is 24.2. The molecule has 0 aromatic heterocycles. The van der Waals surface area contributed by atoms with Crippen LogP contribution < -0.4 is 0 Å². The second-order valence-electron chi connectivity index (χ2n) is 7.46. The van der Waals surface area contributed by atoms with Crippen LogP contribution in [0.2, 0.25) is 0 Å². The summed E-state index contributed by atoms with van der Waals surface area (Å²) in [6, 6.07) is 0. The summed E-state index contributed by atoms with van der Waals surface area (Å²) in [5.74, 6) is -0.909. The van der Waals surface area contributed by atoms with Crippen molar-refractivity contribution in [2.45, 2.75) is 66.1 Å². The lowest BCUT2D eigenvalue weighted by atomic mass is 9.96. The van der Waals surface area contributed by atoms with Gasteiger partial charge in [0.25, 0.3) is 0 Å². The van der Waals surface area contributed by atoms with Crippen molar-refractivity contribution in [1.29, 1.82) is 0 Å². The van der Waals surface area contributed by atoms with E-state index in [0.717, 1.165) is 0 Å². The van der Waals surface area contributed by atoms with Gasteiger partial charge in [-0.3, -0.25) is 9.59 Å². The first-order chi connectivity index (χ1) is 9.87. The Morgan fingerprint density at radius 1 is 1.00 bits per heavy atom. The number of rotatable bonds is 3. The minimum Gasteiger partial charge on any atom is -0.455 e. The van der Waals surface area contributed by atoms with Gasteiger partial charge in [0.15, 0.2) is 18.5 Å². The molecule has 0 saturated carbocycles. The van der Waals surface area contributed by atoms with Crippen molar-refractivity contribution >= 4 is 34.5 Å². The Kier molecular flexibility index (Phi) is 6.25. The third-order valence-electron chi connectivity index (χ3n) is 3.15. The van der Waals surface area contributed by atoms with E-state index in [1.807, 2.05) is 0 Å². The van der Waals surface area contributed by atoms with Gasteiger partial charge in [0.05, 0.1) is 10.8 Å². The van der Waals surface area contributed by atoms with Crippen LogP contribution in [0.4, 0.5) is 0 Å². The van der Waals surface area contributed by atoms with Crippen molar-refractivity contribution in [3.05, 3.63) is 0 Å². The first kappa shape index (κ1) is 19.6. The van der Waals surface area contributed by atoms with Gasteiger partial charge in [0.1, 0.15) is 6.10 Å². The van der Waals surface area contributed by atoms with Crippen molar-refractivity contribution < 1.29 is 28.9 Å². The van der Waals surface area contributed by atoms with Crippen LogP contribution in [0.1, 0.15) is 41.5 Å². The van der Waals surface area contributed by atoms with E-state index in [-0.39, 0.29) is 0 Å². The van der Waals surface area contributed by atoms with Gasteiger partial charge >= 0.3 is 11.9 Å². The van der Waals surface area contributed by atoms with Gasteiger partial charge in [-0.05, 0) is 41.5 Å². The van der Waals surface area contributed by atoms with E-state index < -0.39 is 47.4 Å². The van der Waals surface area contributed by atoms with Crippen LogP contribution in [0.3, 0.4) is 0 Å². The lowest BCUT2D eigenvalue weighted by Gasteiger charge is -2.28. The van der Waals surface area contributed by atoms with Gasteiger partial charge in [0.2, 0.25) is 0 Å². The molecule has 0 bridgehead atoms. The average Bonchev–Trinajstić information content (AvgIpc) is 2.64. The molecule has 7 heteroatoms. The molecule has 1 unspecified atom stereocenters. The number of ether oxygens (including phenoxy) is 3. The molecule has 0 aromatic rings. The maximum absolute atomic E-state index is 12.1. The lowest BCUT2D eigenvalue weighted by Crippen LogP contribution is -2.44. The van der Waals surface area contributed by atoms with Crippen LogP contribution >= 0.6 is 22.6 Å². The molecule has 22 heavy (non-hydrogen) atoms. The number of aliphatic hydroxyl groups is 1. The highest BCUT2D eigenvalue weighted by molar-refractivity contribution is 14.1. The molecule has 1 N–H and O–H groups in total. The Balaban J connectivity index is 2.92. The number of hydrogen-bond acceptors (Lipinski definition) is 6. The Labute approximate surface area is 145 Å². The molecule has 1 saturated heterocycles. The van der Waals surface area contributed by atoms with Crippen LogP contribution in [0.25, 0.3) is 0 Å². The zero-order chi connectivity index (χ0) is 17.3. The molecular formula is C15H25IO6. The van der Waals surface area contributed by atoms with Crippen LogP contribution in [-0.4, -0.2) is 46.1 Å². The standard InChI is InChI=1S/C15H25IO6/c1-14(2,3)12(18)21-9-8(7-16)20-11(17)10(9)22-13(19)15(4,5)6/h8-11,17H,7H2,1-6H3/t8-,9+,10-,11?/m1/s1. The lowest BCUT2D eigenvalue weighted by molar-refractivity contribution is -0.185. The van der Waals surface area contributed by atoms with Gasteiger partial charge in [-0.2, -0.15) is 0 Å². The third kappa shape index (κ3) is 4.79. The highest BCUT2D eigenvalue weighted by Gasteiger charge is 2.50. The first-order valence-electron chi connectivity index (χ1n) is 7.19. The van der Waals surface area contributed by atoms with E-state index in [0.29, 0.717) is 4.43 Å². The number of aliphatic hydroxyl groups excluding tert-OH is 1. The molecule has 128 valence electrons. The third-order valence-corrected chi connectivity index (χ3v) is 4.02. The molecular weight excluding hydrogens is 403 g/mol. The monoisotopic (exact) mass is 428 g/mol. The highest BCUT2D eigenvalue weighted by atomic mass is 127. The SMILES string of the molecule is CC(C)(C)C(=O)O[C@H]1[C@@H](CI)OC(O)[C@@H]1OC(=O)C(C)(C)C. The van der Waals surface area contributed by atoms with Gasteiger partial charge in [-0.1, -0.05) is 22.6 Å². The van der Waals surface area contributed by atoms with E-state index in [9.17, 15) is 14.7 Å². The molecule has 0 spiro atoms. The minimum absolute atomic E-state index is 0.429. The molecule has 0 amide bonds. The summed E-state index contributed by atoms with van der Waals surface area (Å²) < 4.78 is 16.7. The molecule has 4 atom stereocenters. The molecule has 1 heterocycles. The average molecular weight is 428 g/mol. The number of carbonyl (C=O) groups is 2. The van der Waals surface area contributed by atoms with Crippen LogP contribution in [-0.2, 0) is 23.8 Å². The smallest absolute Gasteiger partial charge is 0.311 e. The Morgan fingerprint density at radius 3 is 1.77 bits per heavy atom. The van der Waals surface area contributed by atoms with E-state index in [4.69, 9.17) is 14.2 Å². The summed E-state index contributed by atoms with van der Waals surface area (Å²) in [6.07, 6.45) is -3.65. The van der Waals surface area contributed by atoms with Crippen LogP contribution in [0, 0.1) is 10.8 Å². The van der Waals surface area contributed by atoms with Crippen molar-refractivity contribution in [1.82, 2.24) is 0 Å². The molecule has 1 aliphatic rings. The normalized spacial score (nSPS) is 29.3. The van der Waals surface area contributed by atoms with Gasteiger partial charge in [-0.25, -0.2) is 0 Å². The minimum atomic E-state index is -1.30. The maximum atomic E-state index is 12.1. The maximum Gasteiger partial charge on any atom is 0.311 e. The zero-order valence-corrected chi connectivity index (χ0v) is 16.0. The van der Waals surface area contributed by atoms with Crippen molar-refractivity contribution in [3.63, 3.8) is 0 Å². The zero-order valence-electron chi connectivity index (χ0n) is 13.9. The van der Waals surface area contributed by atoms with Gasteiger partial charge in [0, 0.05) is 4.43 Å². The van der Waals surface area contributed by atoms with Crippen LogP contribution in [0.5, 0.6) is 0 Å². The summed E-state index contributed by atoms with van der Waals surface area (Å²) in [5, 5.41) is 10.00. The second-order valence-corrected chi connectivity index (χ2v) is 8.34. The van der Waals surface area contributed by atoms with Gasteiger partial charge < -0.3 is 19.3 Å². The van der Waals surface area contributed by atoms with Crippen molar-refractivity contribution in [3.8, 4) is 0 Å². The number of esters is 2. The topological polar surface area (TPSA) is 82.1 Å². The summed E-state index contributed by atoms with van der Waals surface area (Å²) in [5.41, 5.74) is -1.41. The highest BCUT2D eigenvalue weighted by Crippen LogP contribution is 2.31. The summed E-state index contributed by atoms with van der Waals surface area (Å²) in [6.45, 7) is 10.3. The second kappa shape index (κ2) is 7.00. The molecule has 1 fully saturated rings. The van der Waals surface area contributed by atoms with Crippen molar-refractivity contribution in [2.75, 3.05) is 4.43 Å². The molecule has 0 radical (unpaired) electrons. The Bertz CT molecular complexity index is 423. The predicted molar refractivity (Wildman–Crippen MR) is 88.4 cm³/mol. The molecule has 0 aromatic carbocycles. The summed E-state index contributed by atoms with van der Waals surface area (Å²) >= 11 is 2.07. The number of hydrogen-bond donors (Lipinski definition) is 1. The van der Waals surface area contributed by atoms with Gasteiger partial charge in [-0.15, -0.1) is 0 Å². The fraction of sp³-hybridized carbons (Fsp3) is 0.867. The summed E-state index contributed by atoms with van der Waals surface area (Å²) in [7, 11) is 0. The van der Waals surface area contributed by atoms with Crippen LogP contribution in [0.15, 0.2) is 0 Å². The number of alkyl halides is 1. The largest absolute Gasteiger partial charge is 0.455 e. The molecule has 1 aliphatic heterocycles. The number of carbonyl (C=O) groups excluding carboxylic acids is 2. The number of halogens is 1. The molecule has 6 nitrogen and oxygen atoms in total.